The van der Waals surface area contributed by atoms with Crippen molar-refractivity contribution in [2.75, 3.05) is 7.11 Å². The van der Waals surface area contributed by atoms with Crippen LogP contribution in [0.15, 0.2) is 0 Å². The SMILES string of the molecule is COC(C)OC(F)(F)C(C)(C)F. The Bertz CT molecular complexity index is 142. The van der Waals surface area contributed by atoms with Gasteiger partial charge in [0.05, 0.1) is 0 Å². The van der Waals surface area contributed by atoms with E-state index in [2.05, 4.69) is 9.47 Å². The Morgan fingerprint density at radius 1 is 1.17 bits per heavy atom. The molecule has 0 heterocycles. The van der Waals surface area contributed by atoms with Crippen molar-refractivity contribution in [2.45, 2.75) is 38.8 Å². The Morgan fingerprint density at radius 3 is 1.83 bits per heavy atom. The van der Waals surface area contributed by atoms with E-state index < -0.39 is 18.1 Å². The van der Waals surface area contributed by atoms with E-state index in [0.717, 1.165) is 13.8 Å². The van der Waals surface area contributed by atoms with Gasteiger partial charge in [-0.3, -0.25) is 4.74 Å². The number of alkyl halides is 3. The molecule has 0 aromatic heterocycles. The molecule has 1 unspecified atom stereocenters. The van der Waals surface area contributed by atoms with Gasteiger partial charge in [-0.1, -0.05) is 0 Å². The van der Waals surface area contributed by atoms with E-state index in [4.69, 9.17) is 0 Å². The van der Waals surface area contributed by atoms with Gasteiger partial charge in [0, 0.05) is 7.11 Å². The third-order valence-corrected chi connectivity index (χ3v) is 1.34. The maximum Gasteiger partial charge on any atom is 0.391 e. The molecule has 0 saturated carbocycles. The molecule has 0 fully saturated rings. The van der Waals surface area contributed by atoms with Crippen LogP contribution in [0.3, 0.4) is 0 Å². The second kappa shape index (κ2) is 3.62. The van der Waals surface area contributed by atoms with E-state index in [1.807, 2.05) is 0 Å². The first-order valence-electron chi connectivity index (χ1n) is 3.48. The smallest absolute Gasteiger partial charge is 0.356 e. The summed E-state index contributed by atoms with van der Waals surface area (Å²) in [5.74, 6) is 0. The zero-order valence-electron chi connectivity index (χ0n) is 7.53. The Morgan fingerprint density at radius 2 is 1.58 bits per heavy atom. The lowest BCUT2D eigenvalue weighted by Crippen LogP contribution is -2.43. The van der Waals surface area contributed by atoms with Gasteiger partial charge in [-0.05, 0) is 20.8 Å². The van der Waals surface area contributed by atoms with Gasteiger partial charge in [0.2, 0.25) is 0 Å². The summed E-state index contributed by atoms with van der Waals surface area (Å²) >= 11 is 0. The fourth-order valence-corrected chi connectivity index (χ4v) is 0.397. The second-order valence-corrected chi connectivity index (χ2v) is 2.91. The Labute approximate surface area is 69.7 Å². The number of rotatable bonds is 4. The third kappa shape index (κ3) is 2.98. The van der Waals surface area contributed by atoms with E-state index in [1.165, 1.54) is 14.0 Å². The lowest BCUT2D eigenvalue weighted by Gasteiger charge is -2.28. The molecule has 0 amide bonds. The molecule has 0 aliphatic heterocycles. The molecule has 0 radical (unpaired) electrons. The minimum absolute atomic E-state index is 0.745. The predicted octanol–water partition coefficient (Wildman–Crippen LogP) is 2.34. The molecular weight excluding hydrogens is 173 g/mol. The molecule has 0 rings (SSSR count). The third-order valence-electron chi connectivity index (χ3n) is 1.34. The fourth-order valence-electron chi connectivity index (χ4n) is 0.397. The van der Waals surface area contributed by atoms with Crippen LogP contribution < -0.4 is 0 Å². The van der Waals surface area contributed by atoms with Crippen molar-refractivity contribution < 1.29 is 22.6 Å². The molecule has 0 aromatic carbocycles. The minimum Gasteiger partial charge on any atom is -0.356 e. The minimum atomic E-state index is -3.83. The van der Waals surface area contributed by atoms with Gasteiger partial charge < -0.3 is 4.74 Å². The van der Waals surface area contributed by atoms with Gasteiger partial charge in [-0.2, -0.15) is 8.78 Å². The maximum absolute atomic E-state index is 12.7. The van der Waals surface area contributed by atoms with E-state index in [-0.39, 0.29) is 0 Å². The van der Waals surface area contributed by atoms with Gasteiger partial charge in [-0.25, -0.2) is 4.39 Å². The molecule has 12 heavy (non-hydrogen) atoms. The van der Waals surface area contributed by atoms with Crippen molar-refractivity contribution in [2.24, 2.45) is 0 Å². The van der Waals surface area contributed by atoms with Gasteiger partial charge >= 0.3 is 6.11 Å². The van der Waals surface area contributed by atoms with E-state index in [0.29, 0.717) is 0 Å². The van der Waals surface area contributed by atoms with Crippen LogP contribution in [0, 0.1) is 0 Å². The highest BCUT2D eigenvalue weighted by Gasteiger charge is 2.50. The first kappa shape index (κ1) is 11.7. The van der Waals surface area contributed by atoms with Crippen LogP contribution in [-0.4, -0.2) is 25.2 Å². The molecule has 5 heteroatoms. The Balaban J connectivity index is 4.22. The summed E-state index contributed by atoms with van der Waals surface area (Å²) in [7, 11) is 1.20. The van der Waals surface area contributed by atoms with Crippen molar-refractivity contribution in [3.63, 3.8) is 0 Å². The first-order chi connectivity index (χ1) is 5.20. The summed E-state index contributed by atoms with van der Waals surface area (Å²) < 4.78 is 46.5. The second-order valence-electron chi connectivity index (χ2n) is 2.91. The Hall–Kier alpha value is -0.290. The molecule has 0 spiro atoms. The number of halogens is 3. The summed E-state index contributed by atoms with van der Waals surface area (Å²) in [6, 6.07) is 0. The van der Waals surface area contributed by atoms with E-state index in [1.54, 1.807) is 0 Å². The highest BCUT2D eigenvalue weighted by molar-refractivity contribution is 4.77. The monoisotopic (exact) mass is 186 g/mol. The average molecular weight is 186 g/mol. The standard InChI is InChI=1S/C7H13F3O2/c1-5(11-4)12-7(9,10)6(2,3)8/h5H,1-4H3. The lowest BCUT2D eigenvalue weighted by molar-refractivity contribution is -0.350. The van der Waals surface area contributed by atoms with Crippen LogP contribution >= 0.6 is 0 Å². The van der Waals surface area contributed by atoms with Crippen molar-refractivity contribution in [1.29, 1.82) is 0 Å². The quantitative estimate of drug-likeness (QED) is 0.627. The zero-order valence-corrected chi connectivity index (χ0v) is 7.53. The summed E-state index contributed by atoms with van der Waals surface area (Å²) in [4.78, 5) is 0. The van der Waals surface area contributed by atoms with Gasteiger partial charge in [0.1, 0.15) is 0 Å². The summed E-state index contributed by atoms with van der Waals surface area (Å²) in [5, 5.41) is 0. The molecule has 1 atom stereocenters. The van der Waals surface area contributed by atoms with Crippen LogP contribution in [0.5, 0.6) is 0 Å². The molecule has 0 aromatic rings. The molecule has 2 nitrogen and oxygen atoms in total. The van der Waals surface area contributed by atoms with Gasteiger partial charge in [-0.15, -0.1) is 0 Å². The van der Waals surface area contributed by atoms with Crippen LogP contribution in [0.4, 0.5) is 13.2 Å². The van der Waals surface area contributed by atoms with Crippen LogP contribution in [0.1, 0.15) is 20.8 Å². The zero-order chi connectivity index (χ0) is 9.99. The van der Waals surface area contributed by atoms with Crippen molar-refractivity contribution in [3.8, 4) is 0 Å². The normalized spacial score (nSPS) is 16.2. The molecule has 74 valence electrons. The molecule has 0 N–H and O–H groups in total. The number of hydrogen-bond donors (Lipinski definition) is 0. The van der Waals surface area contributed by atoms with Gasteiger partial charge in [0.15, 0.2) is 12.0 Å². The summed E-state index contributed by atoms with van der Waals surface area (Å²) in [6.07, 6.45) is -4.96. The lowest BCUT2D eigenvalue weighted by atomic mass is 10.1. The van der Waals surface area contributed by atoms with Crippen molar-refractivity contribution >= 4 is 0 Å². The van der Waals surface area contributed by atoms with Crippen LogP contribution in [0.2, 0.25) is 0 Å². The van der Waals surface area contributed by atoms with E-state index >= 15 is 0 Å². The summed E-state index contributed by atoms with van der Waals surface area (Å²) in [6.45, 7) is 2.75. The maximum atomic E-state index is 12.7. The van der Waals surface area contributed by atoms with Crippen LogP contribution in [-0.2, 0) is 9.47 Å². The molecule has 0 saturated heterocycles. The van der Waals surface area contributed by atoms with E-state index in [9.17, 15) is 13.2 Å². The van der Waals surface area contributed by atoms with Crippen molar-refractivity contribution in [3.05, 3.63) is 0 Å². The molecule has 0 aliphatic rings. The number of methoxy groups -OCH3 is 1. The highest BCUT2D eigenvalue weighted by atomic mass is 19.3. The Kier molecular flexibility index (Phi) is 3.53. The number of hydrogen-bond acceptors (Lipinski definition) is 2. The molecule has 0 bridgehead atoms. The fraction of sp³-hybridized carbons (Fsp3) is 1.00. The number of ether oxygens (including phenoxy) is 2. The molecule has 0 aliphatic carbocycles. The average Bonchev–Trinajstić information content (AvgIpc) is 1.84. The first-order valence-corrected chi connectivity index (χ1v) is 3.48. The van der Waals surface area contributed by atoms with Crippen molar-refractivity contribution in [1.82, 2.24) is 0 Å². The summed E-state index contributed by atoms with van der Waals surface area (Å²) in [5.41, 5.74) is -2.71. The highest BCUT2D eigenvalue weighted by Crippen LogP contribution is 2.33. The van der Waals surface area contributed by atoms with Gasteiger partial charge in [0.25, 0.3) is 0 Å². The van der Waals surface area contributed by atoms with Crippen LogP contribution in [0.25, 0.3) is 0 Å². The molecular formula is C7H13F3O2. The predicted molar refractivity (Wildman–Crippen MR) is 37.7 cm³/mol. The largest absolute Gasteiger partial charge is 0.391 e. The topological polar surface area (TPSA) is 18.5 Å².